The first-order valence-corrected chi connectivity index (χ1v) is 8.00. The maximum Gasteiger partial charge on any atom is 0.127 e. The third-order valence-corrected chi connectivity index (χ3v) is 3.55. The molecular weight excluding hydrogens is 318 g/mol. The molecule has 0 spiro atoms. The number of rotatable bonds is 8. The molecule has 0 saturated carbocycles. The van der Waals surface area contributed by atoms with Crippen LogP contribution in [0.25, 0.3) is 0 Å². The molecule has 0 saturated heterocycles. The Bertz CT molecular complexity index is 466. The van der Waals surface area contributed by atoms with E-state index in [0.29, 0.717) is 19.6 Å². The van der Waals surface area contributed by atoms with Crippen molar-refractivity contribution in [3.63, 3.8) is 0 Å². The van der Waals surface area contributed by atoms with Crippen molar-refractivity contribution in [2.45, 2.75) is 38.9 Å². The quantitative estimate of drug-likeness (QED) is 0.645. The average molecular weight is 340 g/mol. The number of nitriles is 1. The second-order valence-electron chi connectivity index (χ2n) is 5.35. The molecule has 0 amide bonds. The Labute approximate surface area is 130 Å². The Morgan fingerprint density at radius 1 is 1.25 bits per heavy atom. The van der Waals surface area contributed by atoms with Crippen LogP contribution in [-0.2, 0) is 5.33 Å². The fraction of sp³-hybridized carbons (Fsp3) is 0.562. The highest BCUT2D eigenvalue weighted by atomic mass is 79.9. The topological polar surface area (TPSA) is 42.2 Å². The van der Waals surface area contributed by atoms with Crippen LogP contribution in [0.1, 0.15) is 39.2 Å². The summed E-state index contributed by atoms with van der Waals surface area (Å²) in [5, 5.41) is 9.73. The van der Waals surface area contributed by atoms with Crippen LogP contribution < -0.4 is 9.47 Å². The second-order valence-corrected chi connectivity index (χ2v) is 5.91. The lowest BCUT2D eigenvalue weighted by Crippen LogP contribution is -2.13. The molecule has 1 aromatic rings. The van der Waals surface area contributed by atoms with Crippen LogP contribution >= 0.6 is 15.9 Å². The third kappa shape index (κ3) is 5.42. The van der Waals surface area contributed by atoms with Crippen molar-refractivity contribution in [1.82, 2.24) is 0 Å². The molecule has 0 unspecified atom stereocenters. The summed E-state index contributed by atoms with van der Waals surface area (Å²) in [4.78, 5) is 0. The van der Waals surface area contributed by atoms with Crippen LogP contribution in [0, 0.1) is 16.7 Å². The van der Waals surface area contributed by atoms with Crippen LogP contribution in [0.15, 0.2) is 18.2 Å². The largest absolute Gasteiger partial charge is 0.493 e. The zero-order valence-electron chi connectivity index (χ0n) is 12.4. The Kier molecular flexibility index (Phi) is 6.87. The van der Waals surface area contributed by atoms with Crippen molar-refractivity contribution in [3.05, 3.63) is 23.8 Å². The number of alkyl halides is 1. The molecule has 4 heteroatoms. The minimum absolute atomic E-state index is 0.356. The highest BCUT2D eigenvalue weighted by Gasteiger charge is 2.16. The van der Waals surface area contributed by atoms with Crippen LogP contribution in [-0.4, -0.2) is 13.2 Å². The van der Waals surface area contributed by atoms with Crippen molar-refractivity contribution < 1.29 is 9.47 Å². The summed E-state index contributed by atoms with van der Waals surface area (Å²) < 4.78 is 11.4. The van der Waals surface area contributed by atoms with E-state index in [1.165, 1.54) is 0 Å². The lowest BCUT2D eigenvalue weighted by atomic mass is 9.92. The molecule has 1 aromatic carbocycles. The standard InChI is InChI=1S/C16H22BrNO2/c1-4-8-19-14-6-5-13(11-17)15(10-14)20-9-7-16(2,3)12-18/h5-6,10H,4,7-9,11H2,1-3H3. The van der Waals surface area contributed by atoms with E-state index in [4.69, 9.17) is 14.7 Å². The normalized spacial score (nSPS) is 10.9. The third-order valence-electron chi connectivity index (χ3n) is 2.94. The monoisotopic (exact) mass is 339 g/mol. The predicted molar refractivity (Wildman–Crippen MR) is 84.4 cm³/mol. The number of benzene rings is 1. The minimum Gasteiger partial charge on any atom is -0.493 e. The number of ether oxygens (including phenoxy) is 2. The van der Waals surface area contributed by atoms with Crippen LogP contribution in [0.2, 0.25) is 0 Å². The van der Waals surface area contributed by atoms with E-state index in [1.807, 2.05) is 32.0 Å². The number of hydrogen-bond donors (Lipinski definition) is 0. The van der Waals surface area contributed by atoms with Crippen molar-refractivity contribution in [2.24, 2.45) is 5.41 Å². The van der Waals surface area contributed by atoms with Crippen LogP contribution in [0.5, 0.6) is 11.5 Å². The summed E-state index contributed by atoms with van der Waals surface area (Å²) in [6, 6.07) is 8.16. The highest BCUT2D eigenvalue weighted by molar-refractivity contribution is 9.08. The molecule has 0 atom stereocenters. The number of nitrogens with zero attached hydrogens (tertiary/aromatic N) is 1. The predicted octanol–water partition coefficient (Wildman–Crippen LogP) is 4.69. The van der Waals surface area contributed by atoms with Gasteiger partial charge < -0.3 is 9.47 Å². The van der Waals surface area contributed by atoms with Gasteiger partial charge in [0.25, 0.3) is 0 Å². The molecule has 0 aromatic heterocycles. The molecule has 0 aliphatic heterocycles. The fourth-order valence-corrected chi connectivity index (χ4v) is 2.02. The van der Waals surface area contributed by atoms with Crippen LogP contribution in [0.3, 0.4) is 0 Å². The highest BCUT2D eigenvalue weighted by Crippen LogP contribution is 2.28. The first kappa shape index (κ1) is 16.8. The molecule has 0 aliphatic rings. The summed E-state index contributed by atoms with van der Waals surface area (Å²) in [7, 11) is 0. The first-order valence-electron chi connectivity index (χ1n) is 6.88. The second kappa shape index (κ2) is 8.16. The van der Waals surface area contributed by atoms with Gasteiger partial charge >= 0.3 is 0 Å². The van der Waals surface area contributed by atoms with Crippen molar-refractivity contribution in [1.29, 1.82) is 5.26 Å². The van der Waals surface area contributed by atoms with Crippen molar-refractivity contribution >= 4 is 15.9 Å². The van der Waals surface area contributed by atoms with Gasteiger partial charge in [-0.25, -0.2) is 0 Å². The van der Waals surface area contributed by atoms with Gasteiger partial charge in [0.15, 0.2) is 0 Å². The number of hydrogen-bond acceptors (Lipinski definition) is 3. The molecule has 0 aliphatic carbocycles. The van der Waals surface area contributed by atoms with Gasteiger partial charge in [-0.2, -0.15) is 5.26 Å². The molecule has 20 heavy (non-hydrogen) atoms. The van der Waals surface area contributed by atoms with Gasteiger partial charge in [0.2, 0.25) is 0 Å². The maximum atomic E-state index is 9.00. The zero-order valence-corrected chi connectivity index (χ0v) is 14.0. The van der Waals surface area contributed by atoms with E-state index in [-0.39, 0.29) is 5.41 Å². The molecule has 110 valence electrons. The van der Waals surface area contributed by atoms with Gasteiger partial charge in [0.1, 0.15) is 11.5 Å². The smallest absolute Gasteiger partial charge is 0.127 e. The van der Waals surface area contributed by atoms with Gasteiger partial charge in [-0.1, -0.05) is 28.9 Å². The first-order chi connectivity index (χ1) is 9.52. The molecule has 0 radical (unpaired) electrons. The summed E-state index contributed by atoms with van der Waals surface area (Å²) in [5.41, 5.74) is 0.730. The Morgan fingerprint density at radius 2 is 2.00 bits per heavy atom. The Hall–Kier alpha value is -1.21. The van der Waals surface area contributed by atoms with Gasteiger partial charge in [0, 0.05) is 17.0 Å². The lowest BCUT2D eigenvalue weighted by Gasteiger charge is -2.17. The van der Waals surface area contributed by atoms with Crippen molar-refractivity contribution in [2.75, 3.05) is 13.2 Å². The minimum atomic E-state index is -0.356. The van der Waals surface area contributed by atoms with Crippen molar-refractivity contribution in [3.8, 4) is 17.6 Å². The van der Waals surface area contributed by atoms with Crippen LogP contribution in [0.4, 0.5) is 0 Å². The van der Waals surface area contributed by atoms with E-state index >= 15 is 0 Å². The summed E-state index contributed by atoms with van der Waals surface area (Å²) in [6.07, 6.45) is 1.68. The SMILES string of the molecule is CCCOc1ccc(CBr)c(OCCC(C)(C)C#N)c1. The fourth-order valence-electron chi connectivity index (χ4n) is 1.56. The van der Waals surface area contributed by atoms with E-state index in [2.05, 4.69) is 28.9 Å². The summed E-state index contributed by atoms with van der Waals surface area (Å²) in [5.74, 6) is 1.65. The summed E-state index contributed by atoms with van der Waals surface area (Å²) in [6.45, 7) is 7.14. The molecule has 0 heterocycles. The van der Waals surface area contributed by atoms with Gasteiger partial charge in [0.05, 0.1) is 24.7 Å². The van der Waals surface area contributed by atoms with Gasteiger partial charge in [-0.3, -0.25) is 0 Å². The molecule has 0 N–H and O–H groups in total. The summed E-state index contributed by atoms with van der Waals surface area (Å²) >= 11 is 3.46. The van der Waals surface area contributed by atoms with E-state index < -0.39 is 0 Å². The Balaban J connectivity index is 2.69. The molecule has 0 fully saturated rings. The molecule has 1 rings (SSSR count). The Morgan fingerprint density at radius 3 is 2.60 bits per heavy atom. The van der Waals surface area contributed by atoms with E-state index in [0.717, 1.165) is 28.8 Å². The van der Waals surface area contributed by atoms with Gasteiger partial charge in [-0.05, 0) is 32.8 Å². The van der Waals surface area contributed by atoms with E-state index in [9.17, 15) is 0 Å². The van der Waals surface area contributed by atoms with E-state index in [1.54, 1.807) is 0 Å². The van der Waals surface area contributed by atoms with Gasteiger partial charge in [-0.15, -0.1) is 0 Å². The lowest BCUT2D eigenvalue weighted by molar-refractivity contribution is 0.260. The number of halogens is 1. The molecule has 0 bridgehead atoms. The average Bonchev–Trinajstić information content (AvgIpc) is 2.45. The zero-order chi connectivity index (χ0) is 15.0. The molecule has 3 nitrogen and oxygen atoms in total. The maximum absolute atomic E-state index is 9.00. The molecular formula is C16H22BrNO2.